The second kappa shape index (κ2) is 6.95. The van der Waals surface area contributed by atoms with Gasteiger partial charge in [0.1, 0.15) is 0 Å². The van der Waals surface area contributed by atoms with Gasteiger partial charge in [0.2, 0.25) is 0 Å². The van der Waals surface area contributed by atoms with Crippen LogP contribution in [-0.4, -0.2) is 9.49 Å². The summed E-state index contributed by atoms with van der Waals surface area (Å²) in [5.41, 5.74) is 1.05. The molecule has 0 nitrogen and oxygen atoms in total. The average Bonchev–Trinajstić information content (AvgIpc) is 3.52. The Balaban J connectivity index is 1.33. The van der Waals surface area contributed by atoms with Gasteiger partial charge >= 0.3 is 0 Å². The predicted molar refractivity (Wildman–Crippen MR) is 121 cm³/mol. The Morgan fingerprint density at radius 3 is 1.04 bits per heavy atom. The summed E-state index contributed by atoms with van der Waals surface area (Å²) in [6.45, 7) is 14.8. The fourth-order valence-corrected chi connectivity index (χ4v) is 9.04. The molecule has 4 fully saturated rings. The highest BCUT2D eigenvalue weighted by molar-refractivity contribution is 8.02. The number of hydrogen-bond donors (Lipinski definition) is 0. The van der Waals surface area contributed by atoms with Gasteiger partial charge in [-0.25, -0.2) is 0 Å². The minimum Gasteiger partial charge on any atom is -0.148 e. The molecule has 0 unspecified atom stereocenters. The van der Waals surface area contributed by atoms with Gasteiger partial charge in [0.05, 0.1) is 0 Å². The van der Waals surface area contributed by atoms with E-state index in [0.717, 1.165) is 33.2 Å². The van der Waals surface area contributed by atoms with Gasteiger partial charge in [0.15, 0.2) is 0 Å². The molecule has 4 aliphatic carbocycles. The van der Waals surface area contributed by atoms with E-state index in [9.17, 15) is 0 Å². The monoisotopic (exact) mass is 390 g/mol. The molecule has 0 heterocycles. The fraction of sp³-hybridized carbons (Fsp3) is 1.00. The molecule has 1 heteroatoms. The Bertz CT molecular complexity index is 461. The van der Waals surface area contributed by atoms with Crippen molar-refractivity contribution in [3.05, 3.63) is 0 Å². The Kier molecular flexibility index (Phi) is 5.31. The molecular formula is C26H46S. The van der Waals surface area contributed by atoms with Crippen LogP contribution in [0.4, 0.5) is 0 Å². The molecule has 4 aliphatic rings. The maximum Gasteiger partial charge on any atom is 0.0194 e. The van der Waals surface area contributed by atoms with Crippen LogP contribution in [0.5, 0.6) is 0 Å². The second-order valence-electron chi connectivity index (χ2n) is 13.1. The Morgan fingerprint density at radius 2 is 0.815 bits per heavy atom. The van der Waals surface area contributed by atoms with E-state index in [-0.39, 0.29) is 0 Å². The second-order valence-corrected chi connectivity index (χ2v) is 14.9. The van der Waals surface area contributed by atoms with E-state index in [0.29, 0.717) is 10.8 Å². The van der Waals surface area contributed by atoms with Gasteiger partial charge < -0.3 is 0 Å². The van der Waals surface area contributed by atoms with Gasteiger partial charge in [-0.15, -0.1) is 11.8 Å². The summed E-state index contributed by atoms with van der Waals surface area (Å²) in [6.07, 6.45) is 18.3. The molecule has 0 radical (unpaired) electrons. The summed E-state index contributed by atoms with van der Waals surface area (Å²) in [4.78, 5) is 0. The standard InChI is InChI=1S/C26H46S/c1-23(2,3)19-7-11-21(12-8-19)25(15-16-25)27-26(17-18-26)22-13-9-20(10-14-22)24(4,5)6/h19-22H,7-18H2,1-6H3. The molecule has 156 valence electrons. The first-order chi connectivity index (χ1) is 12.5. The highest BCUT2D eigenvalue weighted by atomic mass is 32.2. The molecule has 0 amide bonds. The van der Waals surface area contributed by atoms with Crippen LogP contribution in [0.25, 0.3) is 0 Å². The van der Waals surface area contributed by atoms with E-state index in [1.165, 1.54) is 51.4 Å². The molecular weight excluding hydrogens is 344 g/mol. The Hall–Kier alpha value is 0.350. The van der Waals surface area contributed by atoms with Crippen molar-refractivity contribution in [3.63, 3.8) is 0 Å². The first-order valence-electron chi connectivity index (χ1n) is 12.2. The minimum absolute atomic E-state index is 0.526. The Morgan fingerprint density at radius 1 is 0.519 bits per heavy atom. The number of rotatable bonds is 4. The minimum atomic E-state index is 0.526. The van der Waals surface area contributed by atoms with Crippen LogP contribution in [0.2, 0.25) is 0 Å². The molecule has 4 rings (SSSR count). The van der Waals surface area contributed by atoms with Gasteiger partial charge in [-0.1, -0.05) is 41.5 Å². The van der Waals surface area contributed by atoms with Crippen molar-refractivity contribution in [1.82, 2.24) is 0 Å². The highest BCUT2D eigenvalue weighted by Gasteiger charge is 2.60. The smallest absolute Gasteiger partial charge is 0.0194 e. The van der Waals surface area contributed by atoms with E-state index < -0.39 is 0 Å². The van der Waals surface area contributed by atoms with Crippen molar-refractivity contribution in [2.45, 2.75) is 128 Å². The van der Waals surface area contributed by atoms with Crippen molar-refractivity contribution < 1.29 is 0 Å². The van der Waals surface area contributed by atoms with Crippen molar-refractivity contribution in [2.24, 2.45) is 34.5 Å². The zero-order chi connectivity index (χ0) is 19.5. The highest BCUT2D eigenvalue weighted by Crippen LogP contribution is 2.70. The first kappa shape index (κ1) is 20.6. The number of thioether (sulfide) groups is 1. The fourth-order valence-electron chi connectivity index (χ4n) is 6.81. The number of hydrogen-bond acceptors (Lipinski definition) is 1. The zero-order valence-electron chi connectivity index (χ0n) is 19.2. The topological polar surface area (TPSA) is 0 Å². The van der Waals surface area contributed by atoms with Crippen LogP contribution >= 0.6 is 11.8 Å². The normalized spacial score (nSPS) is 38.4. The third kappa shape index (κ3) is 4.29. The average molecular weight is 391 g/mol. The lowest BCUT2D eigenvalue weighted by atomic mass is 9.69. The largest absolute Gasteiger partial charge is 0.148 e. The molecule has 0 aliphatic heterocycles. The summed E-state index contributed by atoms with van der Waals surface area (Å²) in [5.74, 6) is 4.03. The molecule has 0 bridgehead atoms. The molecule has 4 saturated carbocycles. The van der Waals surface area contributed by atoms with E-state index >= 15 is 0 Å². The Labute approximate surface area is 174 Å². The summed E-state index contributed by atoms with van der Waals surface area (Å²) in [7, 11) is 0. The van der Waals surface area contributed by atoms with Crippen molar-refractivity contribution in [1.29, 1.82) is 0 Å². The molecule has 0 saturated heterocycles. The summed E-state index contributed by atoms with van der Waals surface area (Å²) in [6, 6.07) is 0. The molecule has 0 atom stereocenters. The summed E-state index contributed by atoms with van der Waals surface area (Å²) < 4.78 is 1.44. The van der Waals surface area contributed by atoms with Crippen LogP contribution in [0, 0.1) is 34.5 Å². The molecule has 0 N–H and O–H groups in total. The molecule has 0 aromatic carbocycles. The maximum absolute atomic E-state index is 2.56. The lowest BCUT2D eigenvalue weighted by Crippen LogP contribution is -2.35. The van der Waals surface area contributed by atoms with Gasteiger partial charge in [-0.2, -0.15) is 0 Å². The van der Waals surface area contributed by atoms with Crippen LogP contribution in [0.1, 0.15) is 119 Å². The molecule has 0 aromatic rings. The first-order valence-corrected chi connectivity index (χ1v) is 13.1. The van der Waals surface area contributed by atoms with Gasteiger partial charge in [-0.3, -0.25) is 0 Å². The van der Waals surface area contributed by atoms with E-state index in [1.54, 1.807) is 25.7 Å². The van der Waals surface area contributed by atoms with E-state index in [4.69, 9.17) is 0 Å². The maximum atomic E-state index is 2.56. The molecule has 0 aromatic heterocycles. The van der Waals surface area contributed by atoms with Crippen molar-refractivity contribution >= 4 is 11.8 Å². The van der Waals surface area contributed by atoms with Crippen LogP contribution in [0.15, 0.2) is 0 Å². The summed E-state index contributed by atoms with van der Waals surface area (Å²) >= 11 is 2.56. The third-order valence-electron chi connectivity index (χ3n) is 9.28. The third-order valence-corrected chi connectivity index (χ3v) is 11.6. The van der Waals surface area contributed by atoms with Gasteiger partial charge in [0.25, 0.3) is 0 Å². The van der Waals surface area contributed by atoms with Crippen LogP contribution < -0.4 is 0 Å². The quantitative estimate of drug-likeness (QED) is 0.463. The summed E-state index contributed by atoms with van der Waals surface area (Å²) in [5, 5.41) is 0. The van der Waals surface area contributed by atoms with Crippen LogP contribution in [0.3, 0.4) is 0 Å². The predicted octanol–water partition coefficient (Wildman–Crippen LogP) is 8.49. The lowest BCUT2D eigenvalue weighted by molar-refractivity contribution is 0.143. The van der Waals surface area contributed by atoms with Gasteiger partial charge in [0, 0.05) is 9.49 Å². The lowest BCUT2D eigenvalue weighted by Gasteiger charge is -2.43. The zero-order valence-corrected chi connectivity index (χ0v) is 20.0. The molecule has 0 spiro atoms. The van der Waals surface area contributed by atoms with Crippen LogP contribution in [-0.2, 0) is 0 Å². The van der Waals surface area contributed by atoms with Crippen molar-refractivity contribution in [2.75, 3.05) is 0 Å². The van der Waals surface area contributed by atoms with E-state index in [1.807, 2.05) is 0 Å². The SMILES string of the molecule is CC(C)(C)C1CCC(C2(SC3(C4CCC(C(C)(C)C)CC4)CC3)CC2)CC1. The van der Waals surface area contributed by atoms with Crippen molar-refractivity contribution in [3.8, 4) is 0 Å². The van der Waals surface area contributed by atoms with Gasteiger partial charge in [-0.05, 0) is 112 Å². The molecule has 27 heavy (non-hydrogen) atoms. The van der Waals surface area contributed by atoms with E-state index in [2.05, 4.69) is 53.3 Å².